The molecule has 8 heteroatoms. The molecule has 0 radical (unpaired) electrons. The summed E-state index contributed by atoms with van der Waals surface area (Å²) in [6.07, 6.45) is 1.25. The van der Waals surface area contributed by atoms with E-state index in [0.29, 0.717) is 17.4 Å². The maximum Gasteiger partial charge on any atom is 0.263 e. The van der Waals surface area contributed by atoms with Crippen LogP contribution in [0.1, 0.15) is 35.0 Å². The number of hydrogen-bond acceptors (Lipinski definition) is 5. The highest BCUT2D eigenvalue weighted by atomic mass is 16.5. The number of aromatic amines is 2. The van der Waals surface area contributed by atoms with Crippen molar-refractivity contribution in [2.45, 2.75) is 19.6 Å². The number of fused-ring (bicyclic) bond motifs is 1. The highest BCUT2D eigenvalue weighted by Crippen LogP contribution is 2.15. The molecule has 2 aromatic carbocycles. The van der Waals surface area contributed by atoms with Gasteiger partial charge < -0.3 is 20.0 Å². The lowest BCUT2D eigenvalue weighted by Crippen LogP contribution is -2.32. The molecule has 0 bridgehead atoms. The summed E-state index contributed by atoms with van der Waals surface area (Å²) in [6, 6.07) is 16.4. The summed E-state index contributed by atoms with van der Waals surface area (Å²) in [6.45, 7) is 1.88. The van der Waals surface area contributed by atoms with Gasteiger partial charge in [-0.25, -0.2) is 9.97 Å². The van der Waals surface area contributed by atoms with Crippen molar-refractivity contribution in [3.63, 3.8) is 0 Å². The molecule has 0 aliphatic carbocycles. The van der Waals surface area contributed by atoms with Crippen molar-refractivity contribution in [2.24, 2.45) is 0 Å². The molecule has 0 aliphatic rings. The summed E-state index contributed by atoms with van der Waals surface area (Å²) >= 11 is 0. The third-order valence-electron chi connectivity index (χ3n) is 4.38. The highest BCUT2D eigenvalue weighted by Gasteiger charge is 2.17. The van der Waals surface area contributed by atoms with Gasteiger partial charge in [0.05, 0.1) is 17.1 Å². The van der Waals surface area contributed by atoms with Crippen LogP contribution in [0.2, 0.25) is 0 Å². The van der Waals surface area contributed by atoms with E-state index in [4.69, 9.17) is 4.74 Å². The largest absolute Gasteiger partial charge is 0.486 e. The minimum Gasteiger partial charge on any atom is -0.486 e. The van der Waals surface area contributed by atoms with Gasteiger partial charge in [-0.3, -0.25) is 9.59 Å². The average Bonchev–Trinajstić information content (AvgIpc) is 3.17. The minimum atomic E-state index is -0.527. The fourth-order valence-electron chi connectivity index (χ4n) is 2.86. The van der Waals surface area contributed by atoms with Gasteiger partial charge in [0, 0.05) is 6.20 Å². The molecule has 4 aromatic rings. The fraction of sp³-hybridized carbons (Fsp3) is 0.143. The number of rotatable bonds is 6. The monoisotopic (exact) mass is 389 g/mol. The van der Waals surface area contributed by atoms with E-state index in [-0.39, 0.29) is 12.2 Å². The molecule has 0 spiro atoms. The summed E-state index contributed by atoms with van der Waals surface area (Å²) < 4.78 is 5.55. The zero-order chi connectivity index (χ0) is 20.2. The predicted molar refractivity (Wildman–Crippen MR) is 108 cm³/mol. The molecule has 0 saturated carbocycles. The van der Waals surface area contributed by atoms with Crippen molar-refractivity contribution < 1.29 is 9.53 Å². The second-order valence-electron chi connectivity index (χ2n) is 6.51. The molecule has 0 unspecified atom stereocenters. The van der Waals surface area contributed by atoms with Gasteiger partial charge in [0.2, 0.25) is 0 Å². The Morgan fingerprint density at radius 1 is 1.10 bits per heavy atom. The molecule has 1 atom stereocenters. The van der Waals surface area contributed by atoms with Crippen LogP contribution < -0.4 is 15.6 Å². The van der Waals surface area contributed by atoms with Crippen molar-refractivity contribution in [1.82, 2.24) is 25.3 Å². The van der Waals surface area contributed by atoms with Crippen LogP contribution in [0.5, 0.6) is 5.75 Å². The second kappa shape index (κ2) is 7.97. The van der Waals surface area contributed by atoms with Gasteiger partial charge in [0.15, 0.2) is 0 Å². The quantitative estimate of drug-likeness (QED) is 0.469. The third kappa shape index (κ3) is 4.16. The zero-order valence-electron chi connectivity index (χ0n) is 15.7. The van der Waals surface area contributed by atoms with Crippen LogP contribution >= 0.6 is 0 Å². The minimum absolute atomic E-state index is 0.0728. The van der Waals surface area contributed by atoms with Gasteiger partial charge in [-0.05, 0) is 31.2 Å². The van der Waals surface area contributed by atoms with Gasteiger partial charge in [-0.15, -0.1) is 0 Å². The van der Waals surface area contributed by atoms with Gasteiger partial charge in [0.1, 0.15) is 29.6 Å². The van der Waals surface area contributed by atoms with E-state index < -0.39 is 17.5 Å². The summed E-state index contributed by atoms with van der Waals surface area (Å²) in [7, 11) is 0. The fourth-order valence-corrected chi connectivity index (χ4v) is 2.86. The van der Waals surface area contributed by atoms with Crippen LogP contribution in [-0.2, 0) is 6.61 Å². The van der Waals surface area contributed by atoms with Crippen molar-refractivity contribution >= 4 is 16.9 Å². The van der Waals surface area contributed by atoms with Crippen LogP contribution in [-0.4, -0.2) is 25.8 Å². The van der Waals surface area contributed by atoms with Crippen LogP contribution in [0, 0.1) is 0 Å². The number of hydrogen-bond donors (Lipinski definition) is 3. The van der Waals surface area contributed by atoms with E-state index in [1.807, 2.05) is 42.5 Å². The Morgan fingerprint density at radius 2 is 1.86 bits per heavy atom. The number of nitrogens with one attached hydrogen (secondary N) is 3. The van der Waals surface area contributed by atoms with Crippen molar-refractivity contribution in [2.75, 3.05) is 0 Å². The number of benzene rings is 2. The Labute approximate surface area is 166 Å². The number of ether oxygens (including phenoxy) is 1. The number of imidazole rings is 1. The lowest BCUT2D eigenvalue weighted by molar-refractivity contribution is 0.0936. The van der Waals surface area contributed by atoms with E-state index >= 15 is 0 Å². The number of H-pyrrole nitrogens is 2. The molecule has 0 aliphatic heterocycles. The first-order valence-electron chi connectivity index (χ1n) is 9.12. The Bertz CT molecular complexity index is 1170. The van der Waals surface area contributed by atoms with Gasteiger partial charge in [-0.2, -0.15) is 0 Å². The number of carbonyl (C=O) groups is 1. The van der Waals surface area contributed by atoms with E-state index in [1.54, 1.807) is 19.1 Å². The second-order valence-corrected chi connectivity index (χ2v) is 6.51. The average molecular weight is 389 g/mol. The number of para-hydroxylation sites is 3. The Balaban J connectivity index is 1.43. The van der Waals surface area contributed by atoms with Crippen LogP contribution in [0.15, 0.2) is 65.6 Å². The van der Waals surface area contributed by atoms with Crippen LogP contribution in [0.4, 0.5) is 0 Å². The van der Waals surface area contributed by atoms with Gasteiger partial charge >= 0.3 is 0 Å². The predicted octanol–water partition coefficient (Wildman–Crippen LogP) is 2.72. The van der Waals surface area contributed by atoms with Crippen molar-refractivity contribution in [1.29, 1.82) is 0 Å². The standard InChI is InChI=1S/C21H19N5O3/c1-13(19-24-16-9-5-6-10-17(16)25-19)23-20(27)15-11-22-18(26-21(15)28)12-29-14-7-3-2-4-8-14/h2-11,13H,12H2,1H3,(H,23,27)(H,24,25)(H,22,26,28)/t13-/m0/s1. The first kappa shape index (κ1) is 18.4. The lowest BCUT2D eigenvalue weighted by atomic mass is 10.2. The van der Waals surface area contributed by atoms with E-state index in [9.17, 15) is 9.59 Å². The molecular weight excluding hydrogens is 370 g/mol. The molecule has 2 heterocycles. The van der Waals surface area contributed by atoms with E-state index in [0.717, 1.165) is 11.0 Å². The van der Waals surface area contributed by atoms with Crippen molar-refractivity contribution in [3.8, 4) is 5.75 Å². The lowest BCUT2D eigenvalue weighted by Gasteiger charge is -2.11. The molecule has 146 valence electrons. The normalized spacial score (nSPS) is 11.9. The summed E-state index contributed by atoms with van der Waals surface area (Å²) in [5.74, 6) is 1.08. The molecular formula is C21H19N5O3. The molecule has 4 rings (SSSR count). The number of nitrogens with zero attached hydrogens (tertiary/aromatic N) is 2. The molecule has 0 fully saturated rings. The van der Waals surface area contributed by atoms with Crippen LogP contribution in [0.3, 0.4) is 0 Å². The van der Waals surface area contributed by atoms with Crippen molar-refractivity contribution in [3.05, 3.63) is 88.4 Å². The molecule has 2 aromatic heterocycles. The number of amides is 1. The smallest absolute Gasteiger partial charge is 0.263 e. The Kier molecular flexibility index (Phi) is 5.07. The third-order valence-corrected chi connectivity index (χ3v) is 4.38. The number of carbonyl (C=O) groups excluding carboxylic acids is 1. The Hall–Kier alpha value is -3.94. The van der Waals surface area contributed by atoms with Crippen LogP contribution in [0.25, 0.3) is 11.0 Å². The first-order chi connectivity index (χ1) is 14.1. The SMILES string of the molecule is C[C@H](NC(=O)c1cnc(COc2ccccc2)[nH]c1=O)c1nc2ccccc2[nH]1. The van der Waals surface area contributed by atoms with E-state index in [1.165, 1.54) is 6.20 Å². The number of aromatic nitrogens is 4. The summed E-state index contributed by atoms with van der Waals surface area (Å²) in [5.41, 5.74) is 1.09. The maximum atomic E-state index is 12.5. The first-order valence-corrected chi connectivity index (χ1v) is 9.12. The molecule has 29 heavy (non-hydrogen) atoms. The van der Waals surface area contributed by atoms with E-state index in [2.05, 4.69) is 25.3 Å². The maximum absolute atomic E-state index is 12.5. The molecule has 8 nitrogen and oxygen atoms in total. The highest BCUT2D eigenvalue weighted by molar-refractivity contribution is 5.93. The zero-order valence-corrected chi connectivity index (χ0v) is 15.7. The van der Waals surface area contributed by atoms with Gasteiger partial charge in [0.25, 0.3) is 11.5 Å². The summed E-state index contributed by atoms with van der Waals surface area (Å²) in [4.78, 5) is 39.2. The topological polar surface area (TPSA) is 113 Å². The molecule has 3 N–H and O–H groups in total. The molecule has 0 saturated heterocycles. The summed E-state index contributed by atoms with van der Waals surface area (Å²) in [5, 5.41) is 2.77. The molecule has 1 amide bonds. The Morgan fingerprint density at radius 3 is 2.62 bits per heavy atom. The van der Waals surface area contributed by atoms with Gasteiger partial charge in [-0.1, -0.05) is 30.3 Å².